The first-order valence-electron chi connectivity index (χ1n) is 7.92. The number of hydrogen-bond acceptors (Lipinski definition) is 5. The zero-order valence-corrected chi connectivity index (χ0v) is 13.4. The van der Waals surface area contributed by atoms with Gasteiger partial charge in [-0.2, -0.15) is 0 Å². The van der Waals surface area contributed by atoms with E-state index < -0.39 is 17.8 Å². The van der Waals surface area contributed by atoms with Gasteiger partial charge in [-0.15, -0.1) is 0 Å². The fraction of sp³-hybridized carbons (Fsp3) is 0.353. The number of aromatic nitrogens is 2. The summed E-state index contributed by atoms with van der Waals surface area (Å²) in [5.74, 6) is 0.335. The van der Waals surface area contributed by atoms with Crippen LogP contribution in [0.5, 0.6) is 5.75 Å². The van der Waals surface area contributed by atoms with Gasteiger partial charge in [0.05, 0.1) is 0 Å². The number of nitrogens with zero attached hydrogens (tertiary/aromatic N) is 3. The molecular formula is C17H19FN4O2. The Kier molecular flexibility index (Phi) is 4.88. The van der Waals surface area contributed by atoms with Crippen molar-refractivity contribution in [2.45, 2.75) is 25.9 Å². The molecule has 0 saturated carbocycles. The second kappa shape index (κ2) is 7.25. The number of benzene rings is 1. The van der Waals surface area contributed by atoms with Crippen molar-refractivity contribution in [3.8, 4) is 5.75 Å². The Balaban J connectivity index is 1.63. The van der Waals surface area contributed by atoms with Gasteiger partial charge in [-0.05, 0) is 31.9 Å². The average molecular weight is 330 g/mol. The zero-order chi connectivity index (χ0) is 16.9. The molecule has 126 valence electrons. The summed E-state index contributed by atoms with van der Waals surface area (Å²) in [5, 5.41) is 2.68. The minimum Gasteiger partial charge on any atom is -0.478 e. The first kappa shape index (κ1) is 16.2. The average Bonchev–Trinajstić information content (AvgIpc) is 3.12. The number of para-hydroxylation sites is 1. The summed E-state index contributed by atoms with van der Waals surface area (Å²) in [6.07, 6.45) is 2.84. The van der Waals surface area contributed by atoms with Crippen molar-refractivity contribution in [2.75, 3.05) is 23.3 Å². The number of anilines is 2. The van der Waals surface area contributed by atoms with Gasteiger partial charge >= 0.3 is 0 Å². The van der Waals surface area contributed by atoms with Crippen molar-refractivity contribution in [3.05, 3.63) is 42.5 Å². The number of carbonyl (C=O) groups excluding carboxylic acids is 1. The molecule has 0 spiro atoms. The van der Waals surface area contributed by atoms with E-state index in [2.05, 4.69) is 20.2 Å². The van der Waals surface area contributed by atoms with Crippen LogP contribution in [0.3, 0.4) is 0 Å². The second-order valence-electron chi connectivity index (χ2n) is 5.64. The highest BCUT2D eigenvalue weighted by atomic mass is 19.1. The predicted molar refractivity (Wildman–Crippen MR) is 88.6 cm³/mol. The summed E-state index contributed by atoms with van der Waals surface area (Å²) in [6.45, 7) is 3.47. The summed E-state index contributed by atoms with van der Waals surface area (Å²) >= 11 is 0. The van der Waals surface area contributed by atoms with E-state index in [0.29, 0.717) is 5.82 Å². The van der Waals surface area contributed by atoms with Crippen LogP contribution in [0.1, 0.15) is 19.8 Å². The molecule has 0 radical (unpaired) electrons. The smallest absolute Gasteiger partial charge is 0.266 e. The van der Waals surface area contributed by atoms with E-state index in [9.17, 15) is 9.18 Å². The van der Waals surface area contributed by atoms with Gasteiger partial charge < -0.3 is 15.0 Å². The summed E-state index contributed by atoms with van der Waals surface area (Å²) < 4.78 is 19.0. The molecule has 1 aliphatic rings. The lowest BCUT2D eigenvalue weighted by Gasteiger charge is -2.17. The Labute approximate surface area is 139 Å². The normalized spacial score (nSPS) is 15.2. The molecule has 1 fully saturated rings. The molecule has 1 aromatic heterocycles. The molecule has 1 saturated heterocycles. The van der Waals surface area contributed by atoms with Crippen molar-refractivity contribution in [1.29, 1.82) is 0 Å². The summed E-state index contributed by atoms with van der Waals surface area (Å²) in [5.41, 5.74) is 0. The molecule has 2 heterocycles. The number of amides is 1. The molecule has 1 N–H and O–H groups in total. The minimum absolute atomic E-state index is 0.0422. The maximum atomic E-state index is 13.6. The first-order valence-corrected chi connectivity index (χ1v) is 7.92. The van der Waals surface area contributed by atoms with E-state index in [1.165, 1.54) is 18.5 Å². The summed E-state index contributed by atoms with van der Waals surface area (Å²) in [7, 11) is 0. The van der Waals surface area contributed by atoms with Crippen molar-refractivity contribution in [3.63, 3.8) is 0 Å². The van der Waals surface area contributed by atoms with Crippen LogP contribution in [0, 0.1) is 5.82 Å². The third-order valence-corrected chi connectivity index (χ3v) is 3.84. The number of halogens is 1. The van der Waals surface area contributed by atoms with Gasteiger partial charge in [0.25, 0.3) is 5.91 Å². The van der Waals surface area contributed by atoms with Crippen molar-refractivity contribution in [2.24, 2.45) is 0 Å². The third-order valence-electron chi connectivity index (χ3n) is 3.84. The van der Waals surface area contributed by atoms with E-state index >= 15 is 0 Å². The maximum Gasteiger partial charge on any atom is 0.266 e. The Hall–Kier alpha value is -2.70. The fourth-order valence-corrected chi connectivity index (χ4v) is 2.55. The Morgan fingerprint density at radius 3 is 2.79 bits per heavy atom. The highest BCUT2D eigenvalue weighted by molar-refractivity contribution is 5.93. The molecule has 7 heteroatoms. The van der Waals surface area contributed by atoms with Gasteiger partial charge in [-0.1, -0.05) is 12.1 Å². The van der Waals surface area contributed by atoms with Gasteiger partial charge in [-0.25, -0.2) is 14.4 Å². The van der Waals surface area contributed by atoms with Crippen molar-refractivity contribution in [1.82, 2.24) is 9.97 Å². The molecular weight excluding hydrogens is 311 g/mol. The number of nitrogens with one attached hydrogen (secondary N) is 1. The standard InChI is InChI=1S/C17H19FN4O2/c1-12(24-14-7-3-2-6-13(14)18)17(23)21-15-10-16(20-11-19-15)22-8-4-5-9-22/h2-3,6-7,10-12H,4-5,8-9H2,1H3,(H,19,20,21,23)/t12-/m0/s1. The SMILES string of the molecule is C[C@H](Oc1ccccc1F)C(=O)Nc1cc(N2CCCC2)ncn1. The lowest BCUT2D eigenvalue weighted by atomic mass is 10.3. The molecule has 0 bridgehead atoms. The van der Waals surface area contributed by atoms with Gasteiger partial charge in [0.2, 0.25) is 0 Å². The van der Waals surface area contributed by atoms with E-state index in [4.69, 9.17) is 4.74 Å². The largest absolute Gasteiger partial charge is 0.478 e. The molecule has 24 heavy (non-hydrogen) atoms. The molecule has 1 aliphatic heterocycles. The van der Waals surface area contributed by atoms with Crippen LogP contribution in [0.15, 0.2) is 36.7 Å². The third kappa shape index (κ3) is 3.79. The van der Waals surface area contributed by atoms with E-state index in [0.717, 1.165) is 31.7 Å². The molecule has 0 aliphatic carbocycles. The van der Waals surface area contributed by atoms with Crippen LogP contribution in [-0.4, -0.2) is 35.1 Å². The molecule has 3 rings (SSSR count). The van der Waals surface area contributed by atoms with Crippen LogP contribution >= 0.6 is 0 Å². The molecule has 1 aromatic carbocycles. The monoisotopic (exact) mass is 330 g/mol. The van der Waals surface area contributed by atoms with Gasteiger partial charge in [0.15, 0.2) is 17.7 Å². The van der Waals surface area contributed by atoms with Crippen LogP contribution in [0.25, 0.3) is 0 Å². The van der Waals surface area contributed by atoms with Crippen molar-refractivity contribution >= 4 is 17.5 Å². The Morgan fingerprint density at radius 2 is 2.04 bits per heavy atom. The quantitative estimate of drug-likeness (QED) is 0.913. The molecule has 0 unspecified atom stereocenters. The van der Waals surface area contributed by atoms with E-state index in [1.807, 2.05) is 0 Å². The lowest BCUT2D eigenvalue weighted by molar-refractivity contribution is -0.122. The van der Waals surface area contributed by atoms with Crippen LogP contribution in [-0.2, 0) is 4.79 Å². The van der Waals surface area contributed by atoms with Gasteiger partial charge in [-0.3, -0.25) is 4.79 Å². The van der Waals surface area contributed by atoms with Gasteiger partial charge in [0.1, 0.15) is 18.0 Å². The molecule has 1 atom stereocenters. The van der Waals surface area contributed by atoms with E-state index in [1.54, 1.807) is 25.1 Å². The molecule has 2 aromatic rings. The lowest BCUT2D eigenvalue weighted by Crippen LogP contribution is -2.31. The Morgan fingerprint density at radius 1 is 1.29 bits per heavy atom. The summed E-state index contributed by atoms with van der Waals surface area (Å²) in [4.78, 5) is 22.7. The highest BCUT2D eigenvalue weighted by Crippen LogP contribution is 2.20. The fourth-order valence-electron chi connectivity index (χ4n) is 2.55. The first-order chi connectivity index (χ1) is 11.6. The van der Waals surface area contributed by atoms with Crippen molar-refractivity contribution < 1.29 is 13.9 Å². The predicted octanol–water partition coefficient (Wildman–Crippen LogP) is 2.62. The molecule has 1 amide bonds. The highest BCUT2D eigenvalue weighted by Gasteiger charge is 2.18. The van der Waals surface area contributed by atoms with Crippen LogP contribution < -0.4 is 15.0 Å². The molecule has 6 nitrogen and oxygen atoms in total. The maximum absolute atomic E-state index is 13.6. The van der Waals surface area contributed by atoms with E-state index in [-0.39, 0.29) is 5.75 Å². The second-order valence-corrected chi connectivity index (χ2v) is 5.64. The topological polar surface area (TPSA) is 67.3 Å². The number of hydrogen-bond donors (Lipinski definition) is 1. The number of ether oxygens (including phenoxy) is 1. The van der Waals surface area contributed by atoms with Crippen LogP contribution in [0.4, 0.5) is 16.0 Å². The number of carbonyl (C=O) groups is 1. The zero-order valence-electron chi connectivity index (χ0n) is 13.4. The van der Waals surface area contributed by atoms with Gasteiger partial charge in [0, 0.05) is 19.2 Å². The Bertz CT molecular complexity index is 719. The van der Waals surface area contributed by atoms with Crippen LogP contribution in [0.2, 0.25) is 0 Å². The number of rotatable bonds is 5. The summed E-state index contributed by atoms with van der Waals surface area (Å²) in [6, 6.07) is 7.71. The minimum atomic E-state index is -0.855.